The molecule has 0 saturated carbocycles. The van der Waals surface area contributed by atoms with Crippen LogP contribution in [0, 0.1) is 5.82 Å². The number of amides is 1. The van der Waals surface area contributed by atoms with Gasteiger partial charge in [0.1, 0.15) is 5.82 Å². The third kappa shape index (κ3) is 3.90. The van der Waals surface area contributed by atoms with Crippen molar-refractivity contribution in [2.45, 2.75) is 31.7 Å². The number of hydrogen-bond acceptors (Lipinski definition) is 3. The van der Waals surface area contributed by atoms with E-state index in [0.717, 1.165) is 51.3 Å². The van der Waals surface area contributed by atoms with E-state index in [-0.39, 0.29) is 24.1 Å². The Kier molecular flexibility index (Phi) is 6.23. The number of piperazine rings is 1. The minimum Gasteiger partial charge on any atom is -0.340 e. The number of nitrogens with one attached hydrogen (secondary N) is 1. The zero-order valence-corrected chi connectivity index (χ0v) is 15.2. The molecule has 134 valence electrons. The highest BCUT2D eigenvalue weighted by atomic mass is 35.5. The van der Waals surface area contributed by atoms with Crippen LogP contribution in [0.25, 0.3) is 0 Å². The number of carbonyl (C=O) groups excluding carboxylic acids is 1. The maximum Gasteiger partial charge on any atom is 0.232 e. The molecule has 1 aromatic rings. The third-order valence-corrected chi connectivity index (χ3v) is 5.22. The second-order valence-electron chi connectivity index (χ2n) is 7.11. The van der Waals surface area contributed by atoms with Crippen LogP contribution >= 0.6 is 12.4 Å². The molecule has 1 N–H and O–H groups in total. The highest BCUT2D eigenvalue weighted by molar-refractivity contribution is 5.87. The molecule has 0 bridgehead atoms. The molecule has 2 saturated heterocycles. The predicted molar refractivity (Wildman–Crippen MR) is 96.1 cm³/mol. The van der Waals surface area contributed by atoms with Gasteiger partial charge >= 0.3 is 0 Å². The normalized spacial score (nSPS) is 22.3. The molecule has 0 aromatic heterocycles. The van der Waals surface area contributed by atoms with Crippen LogP contribution in [0.3, 0.4) is 0 Å². The van der Waals surface area contributed by atoms with E-state index in [1.807, 2.05) is 18.7 Å². The number of hydrogen-bond donors (Lipinski definition) is 1. The van der Waals surface area contributed by atoms with Crippen molar-refractivity contribution >= 4 is 18.3 Å². The van der Waals surface area contributed by atoms with Crippen molar-refractivity contribution in [1.82, 2.24) is 15.1 Å². The molecule has 2 heterocycles. The number of nitrogens with zero attached hydrogens (tertiary/aromatic N) is 2. The van der Waals surface area contributed by atoms with Gasteiger partial charge in [-0.2, -0.15) is 0 Å². The second-order valence-corrected chi connectivity index (χ2v) is 7.11. The number of likely N-dealkylation sites (tertiary alicyclic amines) is 1. The van der Waals surface area contributed by atoms with Gasteiger partial charge in [-0.1, -0.05) is 12.1 Å². The lowest BCUT2D eigenvalue weighted by atomic mass is 9.83. The van der Waals surface area contributed by atoms with Gasteiger partial charge in [0.15, 0.2) is 0 Å². The van der Waals surface area contributed by atoms with E-state index in [1.165, 1.54) is 12.1 Å². The van der Waals surface area contributed by atoms with Crippen LogP contribution in [0.5, 0.6) is 0 Å². The zero-order valence-electron chi connectivity index (χ0n) is 14.4. The molecule has 0 spiro atoms. The van der Waals surface area contributed by atoms with Gasteiger partial charge in [0, 0.05) is 45.3 Å². The van der Waals surface area contributed by atoms with Crippen molar-refractivity contribution in [2.75, 3.05) is 39.3 Å². The highest BCUT2D eigenvalue weighted by Crippen LogP contribution is 2.28. The molecular weight excluding hydrogens is 329 g/mol. The zero-order chi connectivity index (χ0) is 16.4. The summed E-state index contributed by atoms with van der Waals surface area (Å²) < 4.78 is 13.1. The number of halogens is 2. The van der Waals surface area contributed by atoms with Crippen LogP contribution in [0.4, 0.5) is 4.39 Å². The molecule has 2 aliphatic rings. The molecule has 1 atom stereocenters. The molecular formula is C18H27ClFN3O. The Bertz CT molecular complexity index is 558. The molecule has 24 heavy (non-hydrogen) atoms. The van der Waals surface area contributed by atoms with Gasteiger partial charge in [-0.15, -0.1) is 12.4 Å². The Labute approximate surface area is 149 Å². The van der Waals surface area contributed by atoms with Gasteiger partial charge in [-0.3, -0.25) is 9.69 Å². The average Bonchev–Trinajstić information content (AvgIpc) is 3.05. The molecule has 2 aliphatic heterocycles. The summed E-state index contributed by atoms with van der Waals surface area (Å²) in [5, 5.41) is 3.37. The Hall–Kier alpha value is -1.17. The highest BCUT2D eigenvalue weighted by Gasteiger charge is 2.38. The fourth-order valence-electron chi connectivity index (χ4n) is 3.66. The summed E-state index contributed by atoms with van der Waals surface area (Å²) in [4.78, 5) is 17.5. The second kappa shape index (κ2) is 7.81. The Morgan fingerprint density at radius 1 is 1.17 bits per heavy atom. The van der Waals surface area contributed by atoms with Crippen molar-refractivity contribution in [3.05, 3.63) is 35.6 Å². The molecule has 6 heteroatoms. The molecule has 1 aromatic carbocycles. The summed E-state index contributed by atoms with van der Waals surface area (Å²) >= 11 is 0. The van der Waals surface area contributed by atoms with Crippen molar-refractivity contribution in [3.63, 3.8) is 0 Å². The number of benzene rings is 1. The van der Waals surface area contributed by atoms with Gasteiger partial charge in [-0.25, -0.2) is 4.39 Å². The van der Waals surface area contributed by atoms with Crippen LogP contribution in [0.2, 0.25) is 0 Å². The number of rotatable bonds is 3. The maximum absolute atomic E-state index is 13.1. The first-order valence-corrected chi connectivity index (χ1v) is 8.48. The summed E-state index contributed by atoms with van der Waals surface area (Å²) in [6.07, 6.45) is 1.05. The lowest BCUT2D eigenvalue weighted by Gasteiger charge is -2.34. The Balaban J connectivity index is 0.00000208. The van der Waals surface area contributed by atoms with Crippen LogP contribution in [0.15, 0.2) is 24.3 Å². The molecule has 1 amide bonds. The van der Waals surface area contributed by atoms with E-state index in [4.69, 9.17) is 0 Å². The monoisotopic (exact) mass is 355 g/mol. The largest absolute Gasteiger partial charge is 0.340 e. The van der Waals surface area contributed by atoms with E-state index in [2.05, 4.69) is 10.2 Å². The molecule has 2 fully saturated rings. The first-order valence-electron chi connectivity index (χ1n) is 8.48. The maximum atomic E-state index is 13.1. The van der Waals surface area contributed by atoms with Crippen molar-refractivity contribution < 1.29 is 9.18 Å². The minimum atomic E-state index is -0.619. The van der Waals surface area contributed by atoms with Gasteiger partial charge in [0.2, 0.25) is 5.91 Å². The summed E-state index contributed by atoms with van der Waals surface area (Å²) in [6, 6.07) is 6.77. The Morgan fingerprint density at radius 3 is 2.42 bits per heavy atom. The van der Waals surface area contributed by atoms with Crippen LogP contribution in [-0.4, -0.2) is 61.0 Å². The fraction of sp³-hybridized carbons (Fsp3) is 0.611. The van der Waals surface area contributed by atoms with Crippen LogP contribution in [0.1, 0.15) is 25.8 Å². The van der Waals surface area contributed by atoms with Crippen LogP contribution < -0.4 is 5.32 Å². The van der Waals surface area contributed by atoms with E-state index >= 15 is 0 Å². The molecule has 1 unspecified atom stereocenters. The fourth-order valence-corrected chi connectivity index (χ4v) is 3.66. The number of carbonyl (C=O) groups is 1. The van der Waals surface area contributed by atoms with E-state index in [1.54, 1.807) is 12.1 Å². The minimum absolute atomic E-state index is 0. The Morgan fingerprint density at radius 2 is 1.79 bits per heavy atom. The topological polar surface area (TPSA) is 35.6 Å². The summed E-state index contributed by atoms with van der Waals surface area (Å²) in [6.45, 7) is 9.68. The molecule has 0 aliphatic carbocycles. The lowest BCUT2D eigenvalue weighted by molar-refractivity contribution is -0.135. The summed E-state index contributed by atoms with van der Waals surface area (Å²) in [7, 11) is 0. The van der Waals surface area contributed by atoms with E-state index in [9.17, 15) is 9.18 Å². The van der Waals surface area contributed by atoms with E-state index in [0.29, 0.717) is 6.04 Å². The van der Waals surface area contributed by atoms with Crippen molar-refractivity contribution in [1.29, 1.82) is 0 Å². The van der Waals surface area contributed by atoms with Crippen molar-refractivity contribution in [2.24, 2.45) is 0 Å². The smallest absolute Gasteiger partial charge is 0.232 e. The first-order chi connectivity index (χ1) is 11.0. The predicted octanol–water partition coefficient (Wildman–Crippen LogP) is 2.03. The van der Waals surface area contributed by atoms with Crippen LogP contribution in [-0.2, 0) is 10.2 Å². The molecule has 0 radical (unpaired) electrons. The average molecular weight is 356 g/mol. The van der Waals surface area contributed by atoms with Crippen molar-refractivity contribution in [3.8, 4) is 0 Å². The quantitative estimate of drug-likeness (QED) is 0.901. The third-order valence-electron chi connectivity index (χ3n) is 5.22. The van der Waals surface area contributed by atoms with Gasteiger partial charge < -0.3 is 10.2 Å². The summed E-state index contributed by atoms with van der Waals surface area (Å²) in [5.41, 5.74) is 0.251. The standard InChI is InChI=1S/C18H26FN3O.ClH/c1-18(2,14-3-5-15(19)6-4-14)17(23)22-10-7-16(13-22)21-11-8-20-9-12-21;/h3-6,16,20H,7-13H2,1-2H3;1H. The first kappa shape index (κ1) is 19.2. The van der Waals surface area contributed by atoms with E-state index < -0.39 is 5.41 Å². The lowest BCUT2D eigenvalue weighted by Crippen LogP contribution is -2.50. The molecule has 4 nitrogen and oxygen atoms in total. The van der Waals surface area contributed by atoms with Gasteiger partial charge in [0.05, 0.1) is 5.41 Å². The summed E-state index contributed by atoms with van der Waals surface area (Å²) in [5.74, 6) is -0.126. The molecule has 3 rings (SSSR count). The van der Waals surface area contributed by atoms with Gasteiger partial charge in [-0.05, 0) is 38.0 Å². The van der Waals surface area contributed by atoms with Gasteiger partial charge in [0.25, 0.3) is 0 Å². The SMILES string of the molecule is CC(C)(C(=O)N1CCC(N2CCNCC2)C1)c1ccc(F)cc1.Cl.